The molecule has 0 bridgehead atoms. The van der Waals surface area contributed by atoms with Gasteiger partial charge in [-0.25, -0.2) is 0 Å². The van der Waals surface area contributed by atoms with Crippen LogP contribution in [0.2, 0.25) is 0 Å². The van der Waals surface area contributed by atoms with Gasteiger partial charge >= 0.3 is 0 Å². The van der Waals surface area contributed by atoms with Crippen molar-refractivity contribution in [1.82, 2.24) is 15.8 Å². The highest BCUT2D eigenvalue weighted by Gasteiger charge is 2.27. The number of halogens is 1. The van der Waals surface area contributed by atoms with Gasteiger partial charge in [-0.2, -0.15) is 0 Å². The maximum Gasteiger partial charge on any atom is 0.191 e. The summed E-state index contributed by atoms with van der Waals surface area (Å²) >= 11 is 0. The van der Waals surface area contributed by atoms with Crippen LogP contribution < -0.4 is 10.6 Å². The van der Waals surface area contributed by atoms with Gasteiger partial charge in [-0.1, -0.05) is 32.9 Å². The zero-order chi connectivity index (χ0) is 16.2. The molecule has 1 saturated carbocycles. The van der Waals surface area contributed by atoms with Crippen molar-refractivity contribution < 1.29 is 4.52 Å². The third-order valence-corrected chi connectivity index (χ3v) is 4.50. The number of aliphatic imine (C=N–C) groups is 1. The Labute approximate surface area is 157 Å². The van der Waals surface area contributed by atoms with Crippen LogP contribution >= 0.6 is 24.0 Å². The number of nitrogens with zero attached hydrogens (tertiary/aromatic N) is 2. The van der Waals surface area contributed by atoms with E-state index in [1.807, 2.05) is 13.1 Å². The summed E-state index contributed by atoms with van der Waals surface area (Å²) in [5.74, 6) is 2.07. The molecular formula is C17H31IN4O. The van der Waals surface area contributed by atoms with Crippen LogP contribution in [0.25, 0.3) is 0 Å². The molecule has 0 radical (unpaired) electrons. The highest BCUT2D eigenvalue weighted by atomic mass is 127. The molecule has 1 aromatic rings. The summed E-state index contributed by atoms with van der Waals surface area (Å²) in [6.45, 7) is 9.54. The first-order chi connectivity index (χ1) is 10.4. The van der Waals surface area contributed by atoms with E-state index in [0.29, 0.717) is 23.9 Å². The van der Waals surface area contributed by atoms with Crippen molar-refractivity contribution >= 4 is 29.9 Å². The third kappa shape index (κ3) is 6.31. The number of nitrogens with one attached hydrogen (secondary N) is 2. The third-order valence-electron chi connectivity index (χ3n) is 4.50. The first kappa shape index (κ1) is 20.3. The summed E-state index contributed by atoms with van der Waals surface area (Å²) in [5.41, 5.74) is 1.48. The standard InChI is InChI=1S/C17H30N4O.HI/c1-12(2)15-10-14(22-21-15)11-19-16(18-5)20-13-6-8-17(3,4)9-7-13;/h10,12-13H,6-9,11H2,1-5H3,(H2,18,19,20);1H. The van der Waals surface area contributed by atoms with Crippen LogP contribution in [0.3, 0.4) is 0 Å². The molecule has 1 aromatic heterocycles. The van der Waals surface area contributed by atoms with Gasteiger partial charge in [-0.15, -0.1) is 24.0 Å². The van der Waals surface area contributed by atoms with Crippen molar-refractivity contribution in [2.75, 3.05) is 7.05 Å². The van der Waals surface area contributed by atoms with E-state index in [0.717, 1.165) is 17.4 Å². The van der Waals surface area contributed by atoms with E-state index in [1.165, 1.54) is 25.7 Å². The number of guanidine groups is 1. The van der Waals surface area contributed by atoms with Gasteiger partial charge in [0, 0.05) is 19.2 Å². The second-order valence-electron chi connectivity index (χ2n) is 7.38. The van der Waals surface area contributed by atoms with Crippen molar-refractivity contribution in [2.24, 2.45) is 10.4 Å². The number of hydrogen-bond donors (Lipinski definition) is 2. The smallest absolute Gasteiger partial charge is 0.191 e. The predicted molar refractivity (Wildman–Crippen MR) is 105 cm³/mol. The van der Waals surface area contributed by atoms with Crippen LogP contribution in [0, 0.1) is 5.41 Å². The summed E-state index contributed by atoms with van der Waals surface area (Å²) in [4.78, 5) is 4.31. The van der Waals surface area contributed by atoms with E-state index < -0.39 is 0 Å². The summed E-state index contributed by atoms with van der Waals surface area (Å²) in [5, 5.41) is 10.9. The number of rotatable bonds is 4. The lowest BCUT2D eigenvalue weighted by Crippen LogP contribution is -2.45. The van der Waals surface area contributed by atoms with E-state index in [-0.39, 0.29) is 24.0 Å². The molecule has 2 rings (SSSR count). The SMILES string of the molecule is CN=C(NCc1cc(C(C)C)no1)NC1CCC(C)(C)CC1.I. The Morgan fingerprint density at radius 2 is 2.04 bits per heavy atom. The molecule has 1 aliphatic rings. The highest BCUT2D eigenvalue weighted by Crippen LogP contribution is 2.34. The molecule has 1 aliphatic carbocycles. The number of aromatic nitrogens is 1. The fourth-order valence-corrected chi connectivity index (χ4v) is 2.79. The van der Waals surface area contributed by atoms with Crippen molar-refractivity contribution in [3.05, 3.63) is 17.5 Å². The monoisotopic (exact) mass is 434 g/mol. The Kier molecular flexibility index (Phi) is 7.83. The average molecular weight is 434 g/mol. The summed E-state index contributed by atoms with van der Waals surface area (Å²) in [6, 6.07) is 2.52. The molecule has 0 aromatic carbocycles. The van der Waals surface area contributed by atoms with Crippen molar-refractivity contribution in [3.63, 3.8) is 0 Å². The van der Waals surface area contributed by atoms with Crippen LogP contribution in [0.5, 0.6) is 0 Å². The fourth-order valence-electron chi connectivity index (χ4n) is 2.79. The molecule has 132 valence electrons. The van der Waals surface area contributed by atoms with E-state index in [9.17, 15) is 0 Å². The Morgan fingerprint density at radius 3 is 2.57 bits per heavy atom. The second-order valence-corrected chi connectivity index (χ2v) is 7.38. The first-order valence-electron chi connectivity index (χ1n) is 8.32. The van der Waals surface area contributed by atoms with Crippen LogP contribution in [0.1, 0.15) is 70.8 Å². The molecule has 1 fully saturated rings. The van der Waals surface area contributed by atoms with Gasteiger partial charge in [0.05, 0.1) is 12.2 Å². The summed E-state index contributed by atoms with van der Waals surface area (Å²) in [6.07, 6.45) is 4.93. The molecule has 0 atom stereocenters. The molecule has 23 heavy (non-hydrogen) atoms. The van der Waals surface area contributed by atoms with Gasteiger partial charge < -0.3 is 15.2 Å². The lowest BCUT2D eigenvalue weighted by Gasteiger charge is -2.35. The minimum absolute atomic E-state index is 0. The number of hydrogen-bond acceptors (Lipinski definition) is 3. The minimum Gasteiger partial charge on any atom is -0.359 e. The Morgan fingerprint density at radius 1 is 1.39 bits per heavy atom. The lowest BCUT2D eigenvalue weighted by atomic mass is 9.75. The predicted octanol–water partition coefficient (Wildman–Crippen LogP) is 4.05. The van der Waals surface area contributed by atoms with Crippen molar-refractivity contribution in [3.8, 4) is 0 Å². The summed E-state index contributed by atoms with van der Waals surface area (Å²) < 4.78 is 5.34. The molecule has 6 heteroatoms. The molecule has 2 N–H and O–H groups in total. The molecular weight excluding hydrogens is 403 g/mol. The summed E-state index contributed by atoms with van der Waals surface area (Å²) in [7, 11) is 1.81. The van der Waals surface area contributed by atoms with E-state index in [4.69, 9.17) is 4.52 Å². The normalized spacial score (nSPS) is 18.6. The fraction of sp³-hybridized carbons (Fsp3) is 0.765. The van der Waals surface area contributed by atoms with Crippen molar-refractivity contribution in [2.45, 2.75) is 71.9 Å². The Balaban J connectivity index is 0.00000264. The van der Waals surface area contributed by atoms with E-state index >= 15 is 0 Å². The van der Waals surface area contributed by atoms with Gasteiger partial charge in [-0.3, -0.25) is 4.99 Å². The Hall–Kier alpha value is -0.790. The molecule has 0 unspecified atom stereocenters. The molecule has 0 spiro atoms. The Bertz CT molecular complexity index is 500. The zero-order valence-electron chi connectivity index (χ0n) is 15.0. The van der Waals surface area contributed by atoms with Crippen LogP contribution in [0.4, 0.5) is 0 Å². The van der Waals surface area contributed by atoms with Gasteiger partial charge in [-0.05, 0) is 37.0 Å². The lowest BCUT2D eigenvalue weighted by molar-refractivity contribution is 0.216. The second kappa shape index (κ2) is 8.89. The molecule has 0 aliphatic heterocycles. The molecule has 1 heterocycles. The first-order valence-corrected chi connectivity index (χ1v) is 8.32. The van der Waals surface area contributed by atoms with E-state index in [2.05, 4.69) is 48.5 Å². The van der Waals surface area contributed by atoms with Gasteiger partial charge in [0.15, 0.2) is 11.7 Å². The maximum absolute atomic E-state index is 5.34. The zero-order valence-corrected chi connectivity index (χ0v) is 17.3. The minimum atomic E-state index is 0. The van der Waals surface area contributed by atoms with Gasteiger partial charge in [0.2, 0.25) is 0 Å². The maximum atomic E-state index is 5.34. The van der Waals surface area contributed by atoms with E-state index in [1.54, 1.807) is 0 Å². The van der Waals surface area contributed by atoms with Crippen LogP contribution in [-0.4, -0.2) is 24.2 Å². The van der Waals surface area contributed by atoms with Gasteiger partial charge in [0.1, 0.15) is 0 Å². The largest absolute Gasteiger partial charge is 0.359 e. The van der Waals surface area contributed by atoms with Crippen LogP contribution in [-0.2, 0) is 6.54 Å². The topological polar surface area (TPSA) is 62.5 Å². The van der Waals surface area contributed by atoms with Crippen LogP contribution in [0.15, 0.2) is 15.6 Å². The highest BCUT2D eigenvalue weighted by molar-refractivity contribution is 14.0. The average Bonchev–Trinajstić information content (AvgIpc) is 2.94. The molecule has 0 saturated heterocycles. The molecule has 5 nitrogen and oxygen atoms in total. The van der Waals surface area contributed by atoms with Crippen molar-refractivity contribution in [1.29, 1.82) is 0 Å². The van der Waals surface area contributed by atoms with Gasteiger partial charge in [0.25, 0.3) is 0 Å². The quantitative estimate of drug-likeness (QED) is 0.427. The molecule has 0 amide bonds.